The standard InChI is InChI=1S/C12H19NO/c1-13(2)10-6-8-11-7-4-3-5-9-12(11)14/h6,8,10H,3-5,7,9H2,1-2H3/b10-6+,11-8+. The van der Waals surface area contributed by atoms with Gasteiger partial charge in [-0.1, -0.05) is 12.5 Å². The van der Waals surface area contributed by atoms with Gasteiger partial charge in [-0.25, -0.2) is 0 Å². The van der Waals surface area contributed by atoms with Crippen LogP contribution in [0.5, 0.6) is 0 Å². The number of nitrogens with zero attached hydrogens (tertiary/aromatic N) is 1. The third kappa shape index (κ3) is 3.77. The maximum Gasteiger partial charge on any atom is 0.158 e. The lowest BCUT2D eigenvalue weighted by Crippen LogP contribution is -2.01. The van der Waals surface area contributed by atoms with E-state index in [1.807, 2.05) is 37.3 Å². The van der Waals surface area contributed by atoms with E-state index in [0.29, 0.717) is 5.78 Å². The minimum Gasteiger partial charge on any atom is -0.383 e. The van der Waals surface area contributed by atoms with Crippen LogP contribution in [-0.4, -0.2) is 24.8 Å². The fourth-order valence-corrected chi connectivity index (χ4v) is 1.59. The molecule has 0 amide bonds. The van der Waals surface area contributed by atoms with E-state index in [2.05, 4.69) is 0 Å². The van der Waals surface area contributed by atoms with Crippen molar-refractivity contribution in [1.82, 2.24) is 4.90 Å². The molecule has 1 fully saturated rings. The Kier molecular flexibility index (Phi) is 4.44. The first kappa shape index (κ1) is 11.0. The molecule has 78 valence electrons. The highest BCUT2D eigenvalue weighted by Gasteiger charge is 2.11. The Labute approximate surface area is 86.3 Å². The Morgan fingerprint density at radius 1 is 1.14 bits per heavy atom. The van der Waals surface area contributed by atoms with Crippen LogP contribution in [0.15, 0.2) is 23.9 Å². The van der Waals surface area contributed by atoms with Crippen LogP contribution in [0, 0.1) is 0 Å². The Balaban J connectivity index is 2.59. The molecule has 0 aromatic carbocycles. The molecular weight excluding hydrogens is 174 g/mol. The lowest BCUT2D eigenvalue weighted by atomic mass is 10.1. The minimum absolute atomic E-state index is 0.339. The Bertz CT molecular complexity index is 251. The molecule has 1 saturated carbocycles. The molecule has 0 aromatic rings. The summed E-state index contributed by atoms with van der Waals surface area (Å²) in [6, 6.07) is 0. The fraction of sp³-hybridized carbons (Fsp3) is 0.583. The van der Waals surface area contributed by atoms with Gasteiger partial charge in [0.1, 0.15) is 0 Å². The number of ketones is 1. The second kappa shape index (κ2) is 5.63. The number of allylic oxidation sites excluding steroid dienone is 3. The molecule has 0 saturated heterocycles. The third-order valence-electron chi connectivity index (χ3n) is 2.39. The lowest BCUT2D eigenvalue weighted by molar-refractivity contribution is -0.115. The van der Waals surface area contributed by atoms with Crippen molar-refractivity contribution in [2.45, 2.75) is 32.1 Å². The molecule has 0 aromatic heterocycles. The van der Waals surface area contributed by atoms with Crippen molar-refractivity contribution >= 4 is 5.78 Å². The molecule has 14 heavy (non-hydrogen) atoms. The minimum atomic E-state index is 0.339. The van der Waals surface area contributed by atoms with Crippen molar-refractivity contribution < 1.29 is 4.79 Å². The number of carbonyl (C=O) groups is 1. The first-order chi connectivity index (χ1) is 6.70. The van der Waals surface area contributed by atoms with E-state index < -0.39 is 0 Å². The van der Waals surface area contributed by atoms with Gasteiger partial charge in [-0.2, -0.15) is 0 Å². The van der Waals surface area contributed by atoms with Gasteiger partial charge in [0.25, 0.3) is 0 Å². The van der Waals surface area contributed by atoms with Crippen LogP contribution < -0.4 is 0 Å². The monoisotopic (exact) mass is 193 g/mol. The van der Waals surface area contributed by atoms with Crippen molar-refractivity contribution in [3.63, 3.8) is 0 Å². The summed E-state index contributed by atoms with van der Waals surface area (Å²) in [5.41, 5.74) is 1.00. The van der Waals surface area contributed by atoms with E-state index in [9.17, 15) is 4.79 Å². The zero-order valence-electron chi connectivity index (χ0n) is 9.12. The Morgan fingerprint density at radius 3 is 2.57 bits per heavy atom. The Morgan fingerprint density at radius 2 is 1.86 bits per heavy atom. The van der Waals surface area contributed by atoms with Crippen LogP contribution in [0.3, 0.4) is 0 Å². The van der Waals surface area contributed by atoms with E-state index in [-0.39, 0.29) is 0 Å². The van der Waals surface area contributed by atoms with Crippen molar-refractivity contribution in [2.24, 2.45) is 0 Å². The zero-order chi connectivity index (χ0) is 10.4. The van der Waals surface area contributed by atoms with Crippen molar-refractivity contribution in [3.05, 3.63) is 23.9 Å². The summed E-state index contributed by atoms with van der Waals surface area (Å²) >= 11 is 0. The van der Waals surface area contributed by atoms with Gasteiger partial charge in [-0.05, 0) is 37.1 Å². The summed E-state index contributed by atoms with van der Waals surface area (Å²) in [4.78, 5) is 13.5. The molecule has 0 atom stereocenters. The predicted octanol–water partition coefficient (Wildman–Crippen LogP) is 2.52. The van der Waals surface area contributed by atoms with Crippen LogP contribution in [0.1, 0.15) is 32.1 Å². The molecule has 0 spiro atoms. The average Bonchev–Trinajstić information content (AvgIpc) is 2.31. The number of hydrogen-bond acceptors (Lipinski definition) is 2. The molecule has 0 bridgehead atoms. The first-order valence-electron chi connectivity index (χ1n) is 5.27. The molecule has 2 heteroatoms. The van der Waals surface area contributed by atoms with Crippen LogP contribution in [-0.2, 0) is 4.79 Å². The molecule has 2 nitrogen and oxygen atoms in total. The van der Waals surface area contributed by atoms with Crippen molar-refractivity contribution in [2.75, 3.05) is 14.1 Å². The second-order valence-electron chi connectivity index (χ2n) is 3.98. The molecule has 0 heterocycles. The smallest absolute Gasteiger partial charge is 0.158 e. The summed E-state index contributed by atoms with van der Waals surface area (Å²) in [5, 5.41) is 0. The fourth-order valence-electron chi connectivity index (χ4n) is 1.59. The van der Waals surface area contributed by atoms with Gasteiger partial charge < -0.3 is 4.90 Å². The summed E-state index contributed by atoms with van der Waals surface area (Å²) < 4.78 is 0. The highest BCUT2D eigenvalue weighted by molar-refractivity contribution is 5.95. The van der Waals surface area contributed by atoms with Gasteiger partial charge in [0.05, 0.1) is 0 Å². The highest BCUT2D eigenvalue weighted by atomic mass is 16.1. The van der Waals surface area contributed by atoms with Gasteiger partial charge in [-0.15, -0.1) is 0 Å². The normalized spacial score (nSPS) is 21.6. The number of rotatable bonds is 2. The lowest BCUT2D eigenvalue weighted by Gasteiger charge is -2.02. The van der Waals surface area contributed by atoms with Gasteiger partial charge in [0, 0.05) is 20.5 Å². The third-order valence-corrected chi connectivity index (χ3v) is 2.39. The number of hydrogen-bond donors (Lipinski definition) is 0. The average molecular weight is 193 g/mol. The molecule has 0 radical (unpaired) electrons. The van der Waals surface area contributed by atoms with Crippen LogP contribution in [0.25, 0.3) is 0 Å². The molecule has 1 rings (SSSR count). The highest BCUT2D eigenvalue weighted by Crippen LogP contribution is 2.19. The van der Waals surface area contributed by atoms with Gasteiger partial charge >= 0.3 is 0 Å². The topological polar surface area (TPSA) is 20.3 Å². The van der Waals surface area contributed by atoms with E-state index in [4.69, 9.17) is 0 Å². The molecule has 1 aliphatic rings. The maximum absolute atomic E-state index is 11.6. The molecule has 0 N–H and O–H groups in total. The second-order valence-corrected chi connectivity index (χ2v) is 3.98. The van der Waals surface area contributed by atoms with E-state index in [1.54, 1.807) is 0 Å². The Hall–Kier alpha value is -1.05. The molecule has 0 unspecified atom stereocenters. The molecule has 0 aliphatic heterocycles. The van der Waals surface area contributed by atoms with Crippen LogP contribution >= 0.6 is 0 Å². The molecule has 1 aliphatic carbocycles. The van der Waals surface area contributed by atoms with Crippen molar-refractivity contribution in [3.8, 4) is 0 Å². The van der Waals surface area contributed by atoms with Gasteiger partial charge in [0.15, 0.2) is 5.78 Å². The predicted molar refractivity (Wildman–Crippen MR) is 59.0 cm³/mol. The number of Topliss-reactive ketones (excluding diaryl/α,β-unsaturated/α-hetero) is 1. The van der Waals surface area contributed by atoms with Gasteiger partial charge in [-0.3, -0.25) is 4.79 Å². The SMILES string of the molecule is CN(C)/C=C/C=C1\CCCCCC1=O. The number of carbonyl (C=O) groups excluding carboxylic acids is 1. The van der Waals surface area contributed by atoms with Crippen LogP contribution in [0.2, 0.25) is 0 Å². The van der Waals surface area contributed by atoms with Crippen molar-refractivity contribution in [1.29, 1.82) is 0 Å². The van der Waals surface area contributed by atoms with E-state index in [0.717, 1.165) is 31.3 Å². The van der Waals surface area contributed by atoms with Gasteiger partial charge in [0.2, 0.25) is 0 Å². The van der Waals surface area contributed by atoms with Crippen LogP contribution in [0.4, 0.5) is 0 Å². The largest absolute Gasteiger partial charge is 0.383 e. The first-order valence-corrected chi connectivity index (χ1v) is 5.27. The maximum atomic E-state index is 11.6. The quantitative estimate of drug-likeness (QED) is 0.496. The van der Waals surface area contributed by atoms with E-state index in [1.165, 1.54) is 6.42 Å². The summed E-state index contributed by atoms with van der Waals surface area (Å²) in [6.45, 7) is 0. The zero-order valence-corrected chi connectivity index (χ0v) is 9.12. The summed E-state index contributed by atoms with van der Waals surface area (Å²) in [6.07, 6.45) is 11.0. The summed E-state index contributed by atoms with van der Waals surface area (Å²) in [7, 11) is 3.95. The van der Waals surface area contributed by atoms with E-state index >= 15 is 0 Å². The summed E-state index contributed by atoms with van der Waals surface area (Å²) in [5.74, 6) is 0.339. The molecular formula is C12H19NO.